The van der Waals surface area contributed by atoms with Crippen molar-refractivity contribution in [3.05, 3.63) is 58.4 Å². The summed E-state index contributed by atoms with van der Waals surface area (Å²) in [5, 5.41) is 9.15. The average Bonchev–Trinajstić information content (AvgIpc) is 2.46. The lowest BCUT2D eigenvalue weighted by atomic mass is 10.2. The molecule has 0 spiro atoms. The van der Waals surface area contributed by atoms with E-state index in [9.17, 15) is 4.39 Å². The molecule has 0 bridgehead atoms. The number of hydrogen-bond acceptors (Lipinski definition) is 3. The van der Waals surface area contributed by atoms with Crippen molar-refractivity contribution < 1.29 is 13.9 Å². The third-order valence-electron chi connectivity index (χ3n) is 2.69. The van der Waals surface area contributed by atoms with Crippen LogP contribution >= 0.6 is 11.6 Å². The summed E-state index contributed by atoms with van der Waals surface area (Å²) in [6.07, 6.45) is 0. The molecule has 0 atom stereocenters. The van der Waals surface area contributed by atoms with E-state index in [0.717, 1.165) is 0 Å². The van der Waals surface area contributed by atoms with E-state index in [1.807, 2.05) is 6.07 Å². The Kier molecular flexibility index (Phi) is 4.44. The molecule has 0 saturated carbocycles. The normalized spacial score (nSPS) is 9.90. The molecule has 3 nitrogen and oxygen atoms in total. The van der Waals surface area contributed by atoms with E-state index in [1.54, 1.807) is 30.3 Å². The number of nitrogens with zero attached hydrogens (tertiary/aromatic N) is 1. The third-order valence-corrected chi connectivity index (χ3v) is 2.93. The Morgan fingerprint density at radius 1 is 1.20 bits per heavy atom. The van der Waals surface area contributed by atoms with E-state index in [2.05, 4.69) is 0 Å². The second kappa shape index (κ2) is 6.27. The van der Waals surface area contributed by atoms with Gasteiger partial charge < -0.3 is 9.47 Å². The summed E-state index contributed by atoms with van der Waals surface area (Å²) in [5.74, 6) is 0.449. The second-order valence-electron chi connectivity index (χ2n) is 4.00. The summed E-state index contributed by atoms with van der Waals surface area (Å²) in [7, 11) is 1.48. The van der Waals surface area contributed by atoms with E-state index in [4.69, 9.17) is 26.3 Å². The standard InChI is InChI=1S/C15H11ClFNO2/c1-19-15-6-10(8-18)2-5-14(15)20-9-11-3-4-12(16)7-13(11)17/h2-7H,9H2,1H3. The highest BCUT2D eigenvalue weighted by Gasteiger charge is 2.08. The molecule has 0 N–H and O–H groups in total. The molecule has 0 fully saturated rings. The quantitative estimate of drug-likeness (QED) is 0.857. The lowest BCUT2D eigenvalue weighted by Gasteiger charge is -2.11. The summed E-state index contributed by atoms with van der Waals surface area (Å²) in [6.45, 7) is 0.0469. The highest BCUT2D eigenvalue weighted by Crippen LogP contribution is 2.29. The van der Waals surface area contributed by atoms with Gasteiger partial charge in [0.1, 0.15) is 12.4 Å². The molecule has 0 aromatic heterocycles. The van der Waals surface area contributed by atoms with Crippen LogP contribution < -0.4 is 9.47 Å². The predicted octanol–water partition coefficient (Wildman–Crippen LogP) is 3.94. The van der Waals surface area contributed by atoms with Crippen molar-refractivity contribution in [1.29, 1.82) is 5.26 Å². The third kappa shape index (κ3) is 3.19. The highest BCUT2D eigenvalue weighted by molar-refractivity contribution is 6.30. The predicted molar refractivity (Wildman–Crippen MR) is 73.5 cm³/mol. The van der Waals surface area contributed by atoms with E-state index in [0.29, 0.717) is 27.6 Å². The smallest absolute Gasteiger partial charge is 0.162 e. The van der Waals surface area contributed by atoms with Crippen molar-refractivity contribution in [2.24, 2.45) is 0 Å². The van der Waals surface area contributed by atoms with Crippen LogP contribution in [-0.4, -0.2) is 7.11 Å². The van der Waals surface area contributed by atoms with Gasteiger partial charge in [-0.3, -0.25) is 0 Å². The minimum atomic E-state index is -0.426. The average molecular weight is 292 g/mol. The number of benzene rings is 2. The monoisotopic (exact) mass is 291 g/mol. The molecule has 2 aromatic carbocycles. The topological polar surface area (TPSA) is 42.2 Å². The molecule has 5 heteroatoms. The van der Waals surface area contributed by atoms with Crippen LogP contribution in [0.2, 0.25) is 5.02 Å². The Morgan fingerprint density at radius 2 is 2.00 bits per heavy atom. The van der Waals surface area contributed by atoms with Gasteiger partial charge in [0, 0.05) is 16.7 Å². The van der Waals surface area contributed by atoms with Gasteiger partial charge in [-0.25, -0.2) is 4.39 Å². The molecule has 2 rings (SSSR count). The molecular formula is C15H11ClFNO2. The minimum absolute atomic E-state index is 0.0469. The second-order valence-corrected chi connectivity index (χ2v) is 4.44. The summed E-state index contributed by atoms with van der Waals surface area (Å²) >= 11 is 5.68. The maximum absolute atomic E-state index is 13.6. The van der Waals surface area contributed by atoms with Gasteiger partial charge in [-0.2, -0.15) is 5.26 Å². The maximum atomic E-state index is 13.6. The molecule has 0 aliphatic heterocycles. The number of hydrogen-bond donors (Lipinski definition) is 0. The van der Waals surface area contributed by atoms with Crippen LogP contribution in [0.5, 0.6) is 11.5 Å². The van der Waals surface area contributed by atoms with Crippen molar-refractivity contribution in [3.63, 3.8) is 0 Å². The van der Waals surface area contributed by atoms with E-state index >= 15 is 0 Å². The summed E-state index contributed by atoms with van der Waals surface area (Å²) < 4.78 is 24.3. The molecule has 102 valence electrons. The number of halogens is 2. The van der Waals surface area contributed by atoms with Crippen LogP contribution in [0, 0.1) is 17.1 Å². The Morgan fingerprint density at radius 3 is 2.65 bits per heavy atom. The van der Waals surface area contributed by atoms with Crippen LogP contribution in [0.25, 0.3) is 0 Å². The van der Waals surface area contributed by atoms with Crippen molar-refractivity contribution in [2.45, 2.75) is 6.61 Å². The Labute approximate surface area is 121 Å². The lowest BCUT2D eigenvalue weighted by molar-refractivity contribution is 0.279. The zero-order valence-electron chi connectivity index (χ0n) is 10.7. The van der Waals surface area contributed by atoms with Gasteiger partial charge in [-0.05, 0) is 24.3 Å². The van der Waals surface area contributed by atoms with Crippen LogP contribution in [-0.2, 0) is 6.61 Å². The first kappa shape index (κ1) is 14.2. The minimum Gasteiger partial charge on any atom is -0.493 e. The molecule has 0 saturated heterocycles. The van der Waals surface area contributed by atoms with Gasteiger partial charge in [0.05, 0.1) is 18.7 Å². The molecule has 2 aromatic rings. The fourth-order valence-corrected chi connectivity index (χ4v) is 1.81. The van der Waals surface area contributed by atoms with Gasteiger partial charge >= 0.3 is 0 Å². The van der Waals surface area contributed by atoms with Crippen molar-refractivity contribution in [2.75, 3.05) is 7.11 Å². The zero-order valence-corrected chi connectivity index (χ0v) is 11.4. The van der Waals surface area contributed by atoms with Gasteiger partial charge in [-0.15, -0.1) is 0 Å². The largest absolute Gasteiger partial charge is 0.493 e. The zero-order chi connectivity index (χ0) is 14.5. The summed E-state index contributed by atoms with van der Waals surface area (Å²) in [5.41, 5.74) is 0.854. The summed E-state index contributed by atoms with van der Waals surface area (Å²) in [6, 6.07) is 11.2. The van der Waals surface area contributed by atoms with Crippen LogP contribution in [0.4, 0.5) is 4.39 Å². The molecule has 0 radical (unpaired) electrons. The van der Waals surface area contributed by atoms with Crippen LogP contribution in [0.3, 0.4) is 0 Å². The van der Waals surface area contributed by atoms with Gasteiger partial charge in [0.2, 0.25) is 0 Å². The fraction of sp³-hybridized carbons (Fsp3) is 0.133. The lowest BCUT2D eigenvalue weighted by Crippen LogP contribution is -2.00. The van der Waals surface area contributed by atoms with E-state index in [1.165, 1.54) is 13.2 Å². The van der Waals surface area contributed by atoms with E-state index < -0.39 is 5.82 Å². The van der Waals surface area contributed by atoms with Crippen molar-refractivity contribution >= 4 is 11.6 Å². The van der Waals surface area contributed by atoms with Gasteiger partial charge in [0.25, 0.3) is 0 Å². The Balaban J connectivity index is 2.16. The molecule has 0 aliphatic carbocycles. The highest BCUT2D eigenvalue weighted by atomic mass is 35.5. The first-order chi connectivity index (χ1) is 9.63. The summed E-state index contributed by atoms with van der Waals surface area (Å²) in [4.78, 5) is 0. The Hall–Kier alpha value is -2.25. The maximum Gasteiger partial charge on any atom is 0.162 e. The number of ether oxygens (including phenoxy) is 2. The van der Waals surface area contributed by atoms with Gasteiger partial charge in [0.15, 0.2) is 11.5 Å². The molecule has 0 heterocycles. The first-order valence-electron chi connectivity index (χ1n) is 5.79. The van der Waals surface area contributed by atoms with Crippen LogP contribution in [0.1, 0.15) is 11.1 Å². The Bertz CT molecular complexity index is 667. The first-order valence-corrected chi connectivity index (χ1v) is 6.16. The number of rotatable bonds is 4. The van der Waals surface area contributed by atoms with Gasteiger partial charge in [-0.1, -0.05) is 17.7 Å². The number of methoxy groups -OCH3 is 1. The molecule has 20 heavy (non-hydrogen) atoms. The molecule has 0 unspecified atom stereocenters. The van der Waals surface area contributed by atoms with Crippen molar-refractivity contribution in [3.8, 4) is 17.6 Å². The molecular weight excluding hydrogens is 281 g/mol. The SMILES string of the molecule is COc1cc(C#N)ccc1OCc1ccc(Cl)cc1F. The fourth-order valence-electron chi connectivity index (χ4n) is 1.65. The number of nitriles is 1. The molecule has 0 aliphatic rings. The molecule has 0 amide bonds. The van der Waals surface area contributed by atoms with Crippen molar-refractivity contribution in [1.82, 2.24) is 0 Å². The van der Waals surface area contributed by atoms with Crippen LogP contribution in [0.15, 0.2) is 36.4 Å². The van der Waals surface area contributed by atoms with E-state index in [-0.39, 0.29) is 6.61 Å².